The summed E-state index contributed by atoms with van der Waals surface area (Å²) in [5.41, 5.74) is 0. The maximum absolute atomic E-state index is 11.1. The molecule has 0 atom stereocenters. The molecule has 0 unspecified atom stereocenters. The summed E-state index contributed by atoms with van der Waals surface area (Å²) in [6.45, 7) is -1.82. The van der Waals surface area contributed by atoms with Crippen molar-refractivity contribution in [2.24, 2.45) is 11.8 Å². The van der Waals surface area contributed by atoms with Crippen molar-refractivity contribution < 1.29 is 39.1 Å². The van der Waals surface area contributed by atoms with E-state index >= 15 is 0 Å². The third-order valence-electron chi connectivity index (χ3n) is 2.42. The van der Waals surface area contributed by atoms with Gasteiger partial charge in [0.25, 0.3) is 0 Å². The number of hydrogen-bond acceptors (Lipinski definition) is 10. The number of nitrogens with zero attached hydrogens (tertiary/aromatic N) is 2. The fraction of sp³-hybridized carbons (Fsp3) is 0.600. The van der Waals surface area contributed by atoms with Gasteiger partial charge in [-0.1, -0.05) is 0 Å². The second-order valence-corrected chi connectivity index (χ2v) is 4.19. The molecule has 0 aliphatic rings. The minimum Gasteiger partial charge on any atom is -0.480 e. The van der Waals surface area contributed by atoms with Crippen LogP contribution < -0.4 is 11.8 Å². The van der Waals surface area contributed by atoms with E-state index in [0.717, 1.165) is 4.90 Å². The van der Waals surface area contributed by atoms with Crippen LogP contribution >= 0.6 is 0 Å². The van der Waals surface area contributed by atoms with E-state index in [4.69, 9.17) is 10.2 Å². The summed E-state index contributed by atoms with van der Waals surface area (Å²) in [4.78, 5) is 53.8. The quantitative estimate of drug-likeness (QED) is 0.276. The summed E-state index contributed by atoms with van der Waals surface area (Å²) in [6, 6.07) is 0. The monoisotopic (exact) mass is 322 g/mol. The lowest BCUT2D eigenvalue weighted by Crippen LogP contribution is -2.44. The van der Waals surface area contributed by atoms with Gasteiger partial charge < -0.3 is 19.9 Å². The molecule has 22 heavy (non-hydrogen) atoms. The Labute approximate surface area is 125 Å². The number of carbonyl (C=O) groups is 4. The molecular weight excluding hydrogens is 304 g/mol. The molecule has 0 aromatic rings. The number of nitrogens with two attached hydrogens (primary N) is 2. The number of carboxylic acid groups (broad SMARTS) is 2. The van der Waals surface area contributed by atoms with Crippen molar-refractivity contribution >= 4 is 23.9 Å². The van der Waals surface area contributed by atoms with Crippen molar-refractivity contribution in [1.82, 2.24) is 9.80 Å². The first-order chi connectivity index (χ1) is 10.3. The van der Waals surface area contributed by atoms with Crippen LogP contribution in [0.2, 0.25) is 0 Å². The van der Waals surface area contributed by atoms with E-state index in [1.54, 1.807) is 0 Å². The minimum atomic E-state index is -1.21. The topological polar surface area (TPSA) is 186 Å². The first kappa shape index (κ1) is 19.7. The first-order valence-electron chi connectivity index (χ1n) is 5.95. The predicted octanol–water partition coefficient (Wildman–Crippen LogP) is -3.41. The summed E-state index contributed by atoms with van der Waals surface area (Å²) < 4.78 is 0. The van der Waals surface area contributed by atoms with Crippen LogP contribution in [-0.4, -0.2) is 83.2 Å². The summed E-state index contributed by atoms with van der Waals surface area (Å²) in [6.07, 6.45) is 0. The standard InChI is InChI=1S/C10H18N4O8/c11-21-9(19)5-14(6-10(20)22-12)2-1-13(3-7(15)16)4-8(17)18/h1-6,11-12H2,(H,15,16)(H,17,18). The van der Waals surface area contributed by atoms with Gasteiger partial charge in [-0.2, -0.15) is 11.8 Å². The second-order valence-electron chi connectivity index (χ2n) is 4.19. The van der Waals surface area contributed by atoms with Crippen molar-refractivity contribution in [3.05, 3.63) is 0 Å². The van der Waals surface area contributed by atoms with Gasteiger partial charge in [0, 0.05) is 13.1 Å². The molecule has 0 saturated heterocycles. The van der Waals surface area contributed by atoms with Crippen molar-refractivity contribution in [1.29, 1.82) is 0 Å². The Bertz CT molecular complexity index is 382. The highest BCUT2D eigenvalue weighted by atomic mass is 16.7. The zero-order valence-corrected chi connectivity index (χ0v) is 11.6. The van der Waals surface area contributed by atoms with Gasteiger partial charge in [0.1, 0.15) is 0 Å². The molecule has 0 saturated carbocycles. The second kappa shape index (κ2) is 10.4. The van der Waals surface area contributed by atoms with Crippen molar-refractivity contribution in [2.45, 2.75) is 0 Å². The molecule has 0 amide bonds. The molecule has 0 rings (SSSR count). The van der Waals surface area contributed by atoms with Gasteiger partial charge in [-0.25, -0.2) is 9.59 Å². The minimum absolute atomic E-state index is 0.00917. The molecule has 0 radical (unpaired) electrons. The molecule has 12 nitrogen and oxygen atoms in total. The van der Waals surface area contributed by atoms with Gasteiger partial charge in [0.05, 0.1) is 26.2 Å². The van der Waals surface area contributed by atoms with E-state index in [9.17, 15) is 19.2 Å². The summed E-state index contributed by atoms with van der Waals surface area (Å²) in [5, 5.41) is 17.4. The maximum Gasteiger partial charge on any atom is 0.338 e. The average molecular weight is 322 g/mol. The van der Waals surface area contributed by atoms with Gasteiger partial charge in [0.2, 0.25) is 0 Å². The van der Waals surface area contributed by atoms with Crippen LogP contribution in [0.5, 0.6) is 0 Å². The van der Waals surface area contributed by atoms with Gasteiger partial charge in [-0.05, 0) is 0 Å². The molecule has 6 N–H and O–H groups in total. The number of carboxylic acids is 2. The lowest BCUT2D eigenvalue weighted by atomic mass is 10.4. The zero-order valence-electron chi connectivity index (χ0n) is 11.6. The Kier molecular flexibility index (Phi) is 9.36. The molecule has 12 heteroatoms. The van der Waals surface area contributed by atoms with Crippen LogP contribution in [0, 0.1) is 0 Å². The molecule has 0 aromatic heterocycles. The average Bonchev–Trinajstić information content (AvgIpc) is 2.42. The number of carbonyl (C=O) groups excluding carboxylic acids is 2. The van der Waals surface area contributed by atoms with Crippen LogP contribution in [0.1, 0.15) is 0 Å². The Balaban J connectivity index is 4.64. The summed E-state index contributed by atoms with van der Waals surface area (Å²) >= 11 is 0. The Morgan fingerprint density at radius 2 is 1.05 bits per heavy atom. The van der Waals surface area contributed by atoms with Crippen LogP contribution in [0.3, 0.4) is 0 Å². The fourth-order valence-electron chi connectivity index (χ4n) is 1.53. The maximum atomic E-state index is 11.1. The van der Waals surface area contributed by atoms with E-state index in [2.05, 4.69) is 21.5 Å². The highest BCUT2D eigenvalue weighted by molar-refractivity contribution is 5.74. The van der Waals surface area contributed by atoms with Crippen LogP contribution in [0.4, 0.5) is 0 Å². The van der Waals surface area contributed by atoms with Gasteiger partial charge in [-0.15, -0.1) is 0 Å². The van der Waals surface area contributed by atoms with E-state index in [1.807, 2.05) is 0 Å². The SMILES string of the molecule is NOC(=O)CN(CCN(CC(=O)O)CC(=O)O)CC(=O)ON. The fourth-order valence-corrected chi connectivity index (χ4v) is 1.53. The summed E-state index contributed by atoms with van der Waals surface area (Å²) in [7, 11) is 0. The normalized spacial score (nSPS) is 10.5. The molecule has 0 fully saturated rings. The van der Waals surface area contributed by atoms with E-state index in [-0.39, 0.29) is 26.2 Å². The number of aliphatic carboxylic acids is 2. The first-order valence-corrected chi connectivity index (χ1v) is 5.95. The third-order valence-corrected chi connectivity index (χ3v) is 2.42. The smallest absolute Gasteiger partial charge is 0.338 e. The highest BCUT2D eigenvalue weighted by Gasteiger charge is 2.19. The largest absolute Gasteiger partial charge is 0.480 e. The van der Waals surface area contributed by atoms with Crippen molar-refractivity contribution in [3.63, 3.8) is 0 Å². The molecule has 0 aliphatic carbocycles. The lowest BCUT2D eigenvalue weighted by molar-refractivity contribution is -0.150. The zero-order chi connectivity index (χ0) is 17.1. The molecule has 0 aromatic carbocycles. The Morgan fingerprint density at radius 3 is 1.32 bits per heavy atom. The van der Waals surface area contributed by atoms with Gasteiger partial charge >= 0.3 is 23.9 Å². The molecule has 0 spiro atoms. The molecular formula is C10H18N4O8. The van der Waals surface area contributed by atoms with Crippen LogP contribution in [0.25, 0.3) is 0 Å². The van der Waals surface area contributed by atoms with E-state index < -0.39 is 37.0 Å². The van der Waals surface area contributed by atoms with E-state index in [0.29, 0.717) is 0 Å². The Hall–Kier alpha value is -2.28. The predicted molar refractivity (Wildman–Crippen MR) is 68.7 cm³/mol. The molecule has 0 aliphatic heterocycles. The summed E-state index contributed by atoms with van der Waals surface area (Å²) in [5.74, 6) is 5.27. The van der Waals surface area contributed by atoms with Crippen LogP contribution in [-0.2, 0) is 28.9 Å². The van der Waals surface area contributed by atoms with Crippen LogP contribution in [0.15, 0.2) is 0 Å². The number of hydrogen-bond donors (Lipinski definition) is 4. The van der Waals surface area contributed by atoms with Crippen molar-refractivity contribution in [2.75, 3.05) is 39.3 Å². The molecule has 126 valence electrons. The Morgan fingerprint density at radius 1 is 0.727 bits per heavy atom. The van der Waals surface area contributed by atoms with Gasteiger partial charge in [0.15, 0.2) is 0 Å². The third kappa shape index (κ3) is 9.60. The van der Waals surface area contributed by atoms with Crippen molar-refractivity contribution in [3.8, 4) is 0 Å². The highest BCUT2D eigenvalue weighted by Crippen LogP contribution is 1.95. The molecule has 0 heterocycles. The molecule has 0 bridgehead atoms. The lowest BCUT2D eigenvalue weighted by Gasteiger charge is -2.24. The van der Waals surface area contributed by atoms with Gasteiger partial charge in [-0.3, -0.25) is 19.4 Å². The van der Waals surface area contributed by atoms with E-state index in [1.165, 1.54) is 4.90 Å². The number of rotatable bonds is 11.